The molecule has 4 saturated carbocycles. The van der Waals surface area contributed by atoms with E-state index in [4.69, 9.17) is 0 Å². The van der Waals surface area contributed by atoms with E-state index in [1.54, 1.807) is 5.56 Å². The summed E-state index contributed by atoms with van der Waals surface area (Å²) in [7, 11) is 0. The molecule has 0 aromatic heterocycles. The van der Waals surface area contributed by atoms with Gasteiger partial charge in [0.05, 0.1) is 0 Å². The van der Waals surface area contributed by atoms with Crippen molar-refractivity contribution in [1.29, 1.82) is 0 Å². The zero-order valence-electron chi connectivity index (χ0n) is 48.5. The Morgan fingerprint density at radius 3 is 1.18 bits per heavy atom. The van der Waals surface area contributed by atoms with Gasteiger partial charge in [-0.05, 0) is 241 Å². The molecule has 2 nitrogen and oxygen atoms in total. The largest absolute Gasteiger partial charge is 0.310 e. The highest BCUT2D eigenvalue weighted by Crippen LogP contribution is 2.60. The van der Waals surface area contributed by atoms with Crippen LogP contribution in [0, 0.1) is 23.7 Å². The highest BCUT2D eigenvalue weighted by molar-refractivity contribution is 5.97. The van der Waals surface area contributed by atoms with Gasteiger partial charge in [0.2, 0.25) is 0 Å². The van der Waals surface area contributed by atoms with Gasteiger partial charge in [-0.2, -0.15) is 0 Å². The molecule has 12 aromatic rings. The fourth-order valence-corrected chi connectivity index (χ4v) is 16.2. The van der Waals surface area contributed by atoms with Crippen molar-refractivity contribution in [1.82, 2.24) is 0 Å². The number of hydrogen-bond donors (Lipinski definition) is 0. The second-order valence-electron chi connectivity index (χ2n) is 25.3. The summed E-state index contributed by atoms with van der Waals surface area (Å²) >= 11 is 0. The molecule has 5 aliphatic rings. The minimum Gasteiger partial charge on any atom is -0.310 e. The van der Waals surface area contributed by atoms with Crippen LogP contribution in [0.2, 0.25) is 0 Å². The minimum atomic E-state index is -0.118. The van der Waals surface area contributed by atoms with E-state index < -0.39 is 0 Å². The van der Waals surface area contributed by atoms with E-state index in [1.807, 2.05) is 0 Å². The lowest BCUT2D eigenvalue weighted by molar-refractivity contribution is -0.00277. The predicted molar refractivity (Wildman–Crippen MR) is 358 cm³/mol. The third-order valence-corrected chi connectivity index (χ3v) is 20.0. The Morgan fingerprint density at radius 1 is 0.271 bits per heavy atom. The molecule has 0 N–H and O–H groups in total. The Kier molecular flexibility index (Phi) is 12.6. The lowest BCUT2D eigenvalue weighted by Crippen LogP contribution is -2.43. The van der Waals surface area contributed by atoms with Crippen molar-refractivity contribution < 1.29 is 0 Å². The highest BCUT2D eigenvalue weighted by atomic mass is 15.1. The number of fused-ring (bicyclic) bond motifs is 4. The topological polar surface area (TPSA) is 6.48 Å². The van der Waals surface area contributed by atoms with Crippen LogP contribution < -0.4 is 9.80 Å². The number of hydrogen-bond acceptors (Lipinski definition) is 2. The molecule has 0 amide bonds. The second-order valence-corrected chi connectivity index (χ2v) is 25.3. The summed E-state index contributed by atoms with van der Waals surface area (Å²) in [5.41, 5.74) is 25.6. The minimum absolute atomic E-state index is 0.118. The Bertz CT molecular complexity index is 4380. The van der Waals surface area contributed by atoms with Gasteiger partial charge in [-0.3, -0.25) is 0 Å². The number of benzene rings is 12. The number of rotatable bonds is 12. The predicted octanol–water partition coefficient (Wildman–Crippen LogP) is 23.0. The third-order valence-electron chi connectivity index (χ3n) is 20.0. The van der Waals surface area contributed by atoms with Crippen LogP contribution in [-0.4, -0.2) is 0 Å². The summed E-state index contributed by atoms with van der Waals surface area (Å²) in [5, 5.41) is 2.44. The molecular weight excluding hydrogens is 1020 g/mol. The standard InChI is InChI=1S/C83H68N2/c1-83(2)80-25-15-14-24-74(80)75-45-44-73(52-81(75)83)85(71-41-33-64(34-42-71)82-66-47-55-46-56(49-66)50-67(82)48-55)70-39-31-63(32-40-70)79-54-76(60-19-8-4-9-20-60)78(53-77(79)61-21-10-5-11-22-61)62-29-37-69(38-30-62)84(72-43-28-58-18-12-13-23-65(58)51-72)68-35-26-59(27-36-68)57-16-6-3-7-17-57/h3-45,51-56,66-67,82H,46-50H2,1-2H3. The van der Waals surface area contributed by atoms with Crippen LogP contribution in [0.1, 0.15) is 68.6 Å². The molecule has 0 radical (unpaired) electrons. The molecular formula is C83H68N2. The van der Waals surface area contributed by atoms with E-state index in [0.717, 1.165) is 52.0 Å². The van der Waals surface area contributed by atoms with Crippen LogP contribution in [0.5, 0.6) is 0 Å². The Balaban J connectivity index is 0.794. The Hall–Kier alpha value is -9.50. The molecule has 2 heteroatoms. The van der Waals surface area contributed by atoms with Crippen molar-refractivity contribution in [2.24, 2.45) is 23.7 Å². The van der Waals surface area contributed by atoms with Crippen LogP contribution in [0.25, 0.3) is 77.5 Å². The van der Waals surface area contributed by atoms with Gasteiger partial charge in [-0.25, -0.2) is 0 Å². The Labute approximate surface area is 501 Å². The molecule has 4 bridgehead atoms. The van der Waals surface area contributed by atoms with Gasteiger partial charge in [0.25, 0.3) is 0 Å². The first kappa shape index (κ1) is 51.2. The van der Waals surface area contributed by atoms with E-state index in [9.17, 15) is 0 Å². The quantitative estimate of drug-likeness (QED) is 0.120. The lowest BCUT2D eigenvalue weighted by Gasteiger charge is -2.54. The highest BCUT2D eigenvalue weighted by Gasteiger charge is 2.48. The van der Waals surface area contributed by atoms with Crippen molar-refractivity contribution >= 4 is 44.9 Å². The average Bonchev–Trinajstić information content (AvgIpc) is 2.20. The van der Waals surface area contributed by atoms with Crippen molar-refractivity contribution in [2.75, 3.05) is 9.80 Å². The summed E-state index contributed by atoms with van der Waals surface area (Å²) in [5.74, 6) is 4.31. The van der Waals surface area contributed by atoms with Crippen LogP contribution in [-0.2, 0) is 5.41 Å². The first-order valence-corrected chi connectivity index (χ1v) is 30.9. The summed E-state index contributed by atoms with van der Waals surface area (Å²) in [6.45, 7) is 4.78. The van der Waals surface area contributed by atoms with Crippen LogP contribution in [0.4, 0.5) is 34.1 Å². The molecule has 0 atom stereocenters. The van der Waals surface area contributed by atoms with Gasteiger partial charge < -0.3 is 9.80 Å². The van der Waals surface area contributed by atoms with Crippen LogP contribution >= 0.6 is 0 Å². The summed E-state index contributed by atoms with van der Waals surface area (Å²) in [6.07, 6.45) is 7.20. The second kappa shape index (κ2) is 21.0. The van der Waals surface area contributed by atoms with Crippen LogP contribution in [0.15, 0.2) is 285 Å². The summed E-state index contributed by atoms with van der Waals surface area (Å²) in [4.78, 5) is 4.89. The zero-order chi connectivity index (χ0) is 56.6. The average molecular weight is 1090 g/mol. The van der Waals surface area contributed by atoms with E-state index in [-0.39, 0.29) is 5.41 Å². The maximum absolute atomic E-state index is 2.50. The van der Waals surface area contributed by atoms with E-state index in [0.29, 0.717) is 5.92 Å². The van der Waals surface area contributed by atoms with Gasteiger partial charge in [0.15, 0.2) is 0 Å². The van der Waals surface area contributed by atoms with Gasteiger partial charge in [-0.15, -0.1) is 0 Å². The van der Waals surface area contributed by atoms with Gasteiger partial charge in [0, 0.05) is 39.5 Å². The smallest absolute Gasteiger partial charge is 0.0468 e. The maximum atomic E-state index is 2.50. The van der Waals surface area contributed by atoms with Crippen molar-refractivity contribution in [3.63, 3.8) is 0 Å². The lowest BCUT2D eigenvalue weighted by atomic mass is 9.51. The molecule has 4 fully saturated rings. The molecule has 0 spiro atoms. The third kappa shape index (κ3) is 9.18. The molecule has 17 rings (SSSR count). The normalized spacial score (nSPS) is 18.7. The molecule has 85 heavy (non-hydrogen) atoms. The molecule has 0 saturated heterocycles. The van der Waals surface area contributed by atoms with Crippen LogP contribution in [0.3, 0.4) is 0 Å². The van der Waals surface area contributed by atoms with E-state index >= 15 is 0 Å². The first-order chi connectivity index (χ1) is 41.8. The molecule has 12 aromatic carbocycles. The maximum Gasteiger partial charge on any atom is 0.0468 e. The van der Waals surface area contributed by atoms with E-state index in [2.05, 4.69) is 309 Å². The first-order valence-electron chi connectivity index (χ1n) is 30.9. The molecule has 0 heterocycles. The van der Waals surface area contributed by atoms with Gasteiger partial charge >= 0.3 is 0 Å². The Morgan fingerprint density at radius 2 is 0.647 bits per heavy atom. The fraction of sp³-hybridized carbons (Fsp3) is 0.157. The molecule has 410 valence electrons. The molecule has 0 unspecified atom stereocenters. The number of anilines is 6. The van der Waals surface area contributed by atoms with Crippen molar-refractivity contribution in [3.05, 3.63) is 302 Å². The summed E-state index contributed by atoms with van der Waals surface area (Å²) < 4.78 is 0. The van der Waals surface area contributed by atoms with Gasteiger partial charge in [0.1, 0.15) is 0 Å². The molecule has 0 aliphatic heterocycles. The zero-order valence-corrected chi connectivity index (χ0v) is 48.5. The molecule has 5 aliphatic carbocycles. The van der Waals surface area contributed by atoms with E-state index in [1.165, 1.54) is 127 Å². The SMILES string of the molecule is CC1(C)c2ccccc2-c2ccc(N(c3ccc(-c4cc(-c5ccccc5)c(-c5ccc(N(c6ccc(-c7ccccc7)cc6)c6ccc7ccccc7c6)cc5)cc4-c4ccccc4)cc3)c3ccc(C4C5CC6CC(C5)CC4C6)cc3)cc21. The van der Waals surface area contributed by atoms with Crippen molar-refractivity contribution in [3.8, 4) is 66.8 Å². The monoisotopic (exact) mass is 1090 g/mol. The fourth-order valence-electron chi connectivity index (χ4n) is 16.2. The number of nitrogens with zero attached hydrogens (tertiary/aromatic N) is 2. The summed E-state index contributed by atoms with van der Waals surface area (Å²) in [6, 6.07) is 107. The van der Waals surface area contributed by atoms with Crippen molar-refractivity contribution in [2.45, 2.75) is 57.3 Å². The van der Waals surface area contributed by atoms with Gasteiger partial charge in [-0.1, -0.05) is 214 Å².